The molecule has 0 radical (unpaired) electrons. The Kier molecular flexibility index (Phi) is 3.88. The van der Waals surface area contributed by atoms with Crippen LogP contribution in [0.25, 0.3) is 33.3 Å². The van der Waals surface area contributed by atoms with E-state index < -0.39 is 0 Å². The van der Waals surface area contributed by atoms with Crippen LogP contribution in [0.5, 0.6) is 0 Å². The summed E-state index contributed by atoms with van der Waals surface area (Å²) in [5.41, 5.74) is 5.45. The van der Waals surface area contributed by atoms with Crippen molar-refractivity contribution in [3.63, 3.8) is 0 Å². The first-order valence-electron chi connectivity index (χ1n) is 8.53. The molecular formula is C20H15N5OS. The van der Waals surface area contributed by atoms with Gasteiger partial charge in [-0.25, -0.2) is 9.67 Å². The molecule has 0 aliphatic rings. The lowest BCUT2D eigenvalue weighted by Crippen LogP contribution is -2.03. The molecule has 4 aromatic heterocycles. The van der Waals surface area contributed by atoms with Gasteiger partial charge in [-0.15, -0.1) is 16.4 Å². The van der Waals surface area contributed by atoms with Gasteiger partial charge in [0.1, 0.15) is 5.52 Å². The Hall–Kier alpha value is -3.16. The molecule has 0 amide bonds. The third-order valence-electron chi connectivity index (χ3n) is 4.46. The Morgan fingerprint density at radius 1 is 1.04 bits per heavy atom. The summed E-state index contributed by atoms with van der Waals surface area (Å²) in [7, 11) is 0. The molecule has 27 heavy (non-hydrogen) atoms. The first kappa shape index (κ1) is 16.0. The molecule has 6 nitrogen and oxygen atoms in total. The average molecular weight is 373 g/mol. The number of aliphatic hydroxyl groups excluding tert-OH is 1. The van der Waals surface area contributed by atoms with Crippen molar-refractivity contribution in [3.05, 3.63) is 70.5 Å². The van der Waals surface area contributed by atoms with Gasteiger partial charge in [-0.2, -0.15) is 0 Å². The minimum atomic E-state index is 0.0449. The summed E-state index contributed by atoms with van der Waals surface area (Å²) in [6.07, 6.45) is 1.80. The molecule has 0 saturated carbocycles. The Morgan fingerprint density at radius 2 is 1.96 bits per heavy atom. The first-order chi connectivity index (χ1) is 13.3. The largest absolute Gasteiger partial charge is 0.391 e. The summed E-state index contributed by atoms with van der Waals surface area (Å²) in [5, 5.41) is 20.9. The fourth-order valence-electron chi connectivity index (χ4n) is 3.12. The van der Waals surface area contributed by atoms with Gasteiger partial charge in [0, 0.05) is 27.4 Å². The Labute approximate surface area is 158 Å². The maximum atomic E-state index is 9.28. The van der Waals surface area contributed by atoms with Gasteiger partial charge < -0.3 is 5.11 Å². The molecule has 1 N–H and O–H groups in total. The van der Waals surface area contributed by atoms with Crippen LogP contribution >= 0.6 is 11.3 Å². The van der Waals surface area contributed by atoms with E-state index in [2.05, 4.69) is 33.5 Å². The summed E-state index contributed by atoms with van der Waals surface area (Å²) in [6, 6.07) is 16.0. The van der Waals surface area contributed by atoms with Crippen LogP contribution in [0.4, 0.5) is 0 Å². The third-order valence-corrected chi connectivity index (χ3v) is 5.39. The lowest BCUT2D eigenvalue weighted by atomic mass is 10.1. The smallest absolute Gasteiger partial charge is 0.179 e. The van der Waals surface area contributed by atoms with Gasteiger partial charge in [0.2, 0.25) is 0 Å². The highest BCUT2D eigenvalue weighted by Crippen LogP contribution is 2.26. The second-order valence-electron chi connectivity index (χ2n) is 6.28. The number of aromatic nitrogens is 5. The minimum absolute atomic E-state index is 0.0449. The van der Waals surface area contributed by atoms with E-state index in [1.165, 1.54) is 11.3 Å². The second-order valence-corrected chi connectivity index (χ2v) is 7.27. The Balaban J connectivity index is 1.53. The van der Waals surface area contributed by atoms with Gasteiger partial charge in [0.25, 0.3) is 0 Å². The van der Waals surface area contributed by atoms with Crippen LogP contribution in [0.2, 0.25) is 0 Å². The molecule has 7 heteroatoms. The maximum absolute atomic E-state index is 9.28. The molecule has 0 fully saturated rings. The maximum Gasteiger partial charge on any atom is 0.179 e. The van der Waals surface area contributed by atoms with Crippen LogP contribution < -0.4 is 0 Å². The van der Waals surface area contributed by atoms with Gasteiger partial charge >= 0.3 is 0 Å². The second kappa shape index (κ2) is 6.53. The highest BCUT2D eigenvalue weighted by molar-refractivity contribution is 7.10. The highest BCUT2D eigenvalue weighted by atomic mass is 32.1. The van der Waals surface area contributed by atoms with Gasteiger partial charge in [-0.1, -0.05) is 17.3 Å². The molecule has 0 aliphatic heterocycles. The summed E-state index contributed by atoms with van der Waals surface area (Å²) < 4.78 is 1.82. The van der Waals surface area contributed by atoms with E-state index in [1.807, 2.05) is 40.4 Å². The number of nitrogens with zero attached hydrogens (tertiary/aromatic N) is 5. The highest BCUT2D eigenvalue weighted by Gasteiger charge is 2.10. The number of aliphatic hydroxyl groups is 1. The quantitative estimate of drug-likeness (QED) is 0.520. The van der Waals surface area contributed by atoms with Gasteiger partial charge in [-0.3, -0.25) is 4.98 Å². The van der Waals surface area contributed by atoms with E-state index in [0.717, 1.165) is 43.8 Å². The monoisotopic (exact) mass is 373 g/mol. The zero-order valence-corrected chi connectivity index (χ0v) is 15.1. The normalized spacial score (nSPS) is 11.4. The fourth-order valence-corrected chi connectivity index (χ4v) is 3.85. The lowest BCUT2D eigenvalue weighted by molar-refractivity contribution is 0.285. The predicted octanol–water partition coefficient (Wildman–Crippen LogP) is 3.64. The molecule has 5 rings (SSSR count). The van der Waals surface area contributed by atoms with Crippen molar-refractivity contribution < 1.29 is 5.11 Å². The third kappa shape index (κ3) is 2.97. The molecule has 0 unspecified atom stereocenters. The van der Waals surface area contributed by atoms with Crippen molar-refractivity contribution >= 4 is 33.4 Å². The molecule has 1 aromatic carbocycles. The number of thiophene rings is 1. The minimum Gasteiger partial charge on any atom is -0.391 e. The Morgan fingerprint density at radius 3 is 2.85 bits per heavy atom. The van der Waals surface area contributed by atoms with Crippen LogP contribution in [-0.2, 0) is 13.2 Å². The van der Waals surface area contributed by atoms with Gasteiger partial charge in [-0.05, 0) is 42.0 Å². The van der Waals surface area contributed by atoms with Crippen LogP contribution in [-0.4, -0.2) is 30.1 Å². The molecule has 0 bridgehead atoms. The fraction of sp³-hybridized carbons (Fsp3) is 0.100. The van der Waals surface area contributed by atoms with E-state index in [4.69, 9.17) is 4.98 Å². The molecule has 0 atom stereocenters. The summed E-state index contributed by atoms with van der Waals surface area (Å²) in [5.74, 6) is 0. The van der Waals surface area contributed by atoms with Gasteiger partial charge in [0.05, 0.1) is 24.4 Å². The molecule has 0 saturated heterocycles. The predicted molar refractivity (Wildman–Crippen MR) is 105 cm³/mol. The van der Waals surface area contributed by atoms with Crippen molar-refractivity contribution in [1.82, 2.24) is 25.0 Å². The first-order valence-corrected chi connectivity index (χ1v) is 9.41. The van der Waals surface area contributed by atoms with Crippen molar-refractivity contribution in [1.29, 1.82) is 0 Å². The molecule has 4 heterocycles. The number of hydrogen-bond acceptors (Lipinski definition) is 6. The molecular weight excluding hydrogens is 358 g/mol. The zero-order chi connectivity index (χ0) is 18.2. The van der Waals surface area contributed by atoms with E-state index in [0.29, 0.717) is 6.54 Å². The topological polar surface area (TPSA) is 76.7 Å². The number of fused-ring (bicyclic) bond motifs is 2. The van der Waals surface area contributed by atoms with Crippen molar-refractivity contribution in [3.8, 4) is 11.3 Å². The van der Waals surface area contributed by atoms with Crippen molar-refractivity contribution in [2.75, 3.05) is 0 Å². The average Bonchev–Trinajstić information content (AvgIpc) is 3.35. The SMILES string of the molecule is OCc1cc(-c2ccc3nnn(Cc4ccc5ncccc5c4)c3n2)cs1. The Bertz CT molecular complexity index is 1260. The van der Waals surface area contributed by atoms with Crippen LogP contribution in [0.1, 0.15) is 10.4 Å². The number of rotatable bonds is 4. The van der Waals surface area contributed by atoms with Gasteiger partial charge in [0.15, 0.2) is 5.65 Å². The number of benzene rings is 1. The van der Waals surface area contributed by atoms with E-state index in [-0.39, 0.29) is 6.61 Å². The number of pyridine rings is 2. The number of hydrogen-bond donors (Lipinski definition) is 1. The molecule has 132 valence electrons. The van der Waals surface area contributed by atoms with Crippen LogP contribution in [0.15, 0.2) is 60.1 Å². The van der Waals surface area contributed by atoms with E-state index in [9.17, 15) is 5.11 Å². The molecule has 0 aliphatic carbocycles. The lowest BCUT2D eigenvalue weighted by Gasteiger charge is -2.05. The van der Waals surface area contributed by atoms with Crippen LogP contribution in [0, 0.1) is 0 Å². The summed E-state index contributed by atoms with van der Waals surface area (Å²) in [4.78, 5) is 10.0. The van der Waals surface area contributed by atoms with Crippen molar-refractivity contribution in [2.24, 2.45) is 0 Å². The van der Waals surface area contributed by atoms with E-state index >= 15 is 0 Å². The summed E-state index contributed by atoms with van der Waals surface area (Å²) in [6.45, 7) is 0.631. The standard InChI is InChI=1S/C20H15N5OS/c26-11-16-9-15(12-27-16)18-5-6-19-20(22-18)25(24-23-19)10-13-3-4-17-14(8-13)2-1-7-21-17/h1-9,12,26H,10-11H2. The molecule has 5 aromatic rings. The van der Waals surface area contributed by atoms with Crippen LogP contribution in [0.3, 0.4) is 0 Å². The molecule has 0 spiro atoms. The van der Waals surface area contributed by atoms with E-state index in [1.54, 1.807) is 6.20 Å². The zero-order valence-electron chi connectivity index (χ0n) is 14.3. The van der Waals surface area contributed by atoms with Crippen molar-refractivity contribution in [2.45, 2.75) is 13.2 Å². The summed E-state index contributed by atoms with van der Waals surface area (Å²) >= 11 is 1.53.